The normalized spacial score (nSPS) is 18.6. The van der Waals surface area contributed by atoms with Gasteiger partial charge in [-0.3, -0.25) is 0 Å². The Kier molecular flexibility index (Phi) is 3.92. The largest absolute Gasteiger partial charge is 0.345 e. The highest BCUT2D eigenvalue weighted by Crippen LogP contribution is 2.23. The van der Waals surface area contributed by atoms with Gasteiger partial charge in [0.05, 0.1) is 17.8 Å². The SMILES string of the molecule is CS(=O)(=O)N1CCN(c2nc(CCl)cs2)CC1. The fraction of sp³-hybridized carbons (Fsp3) is 0.667. The molecular weight excluding hydrogens is 282 g/mol. The van der Waals surface area contributed by atoms with Crippen LogP contribution in [0.15, 0.2) is 5.38 Å². The third kappa shape index (κ3) is 3.09. The summed E-state index contributed by atoms with van der Waals surface area (Å²) in [4.78, 5) is 6.48. The summed E-state index contributed by atoms with van der Waals surface area (Å²) in [6.45, 7) is 2.41. The smallest absolute Gasteiger partial charge is 0.211 e. The molecule has 0 amide bonds. The lowest BCUT2D eigenvalue weighted by atomic mass is 10.4. The van der Waals surface area contributed by atoms with E-state index in [9.17, 15) is 8.42 Å². The standard InChI is InChI=1S/C9H14ClN3O2S2/c1-17(14,15)13-4-2-12(3-5-13)9-11-8(6-10)7-16-9/h7H,2-6H2,1H3. The number of hydrogen-bond donors (Lipinski definition) is 0. The molecule has 0 spiro atoms. The monoisotopic (exact) mass is 295 g/mol. The summed E-state index contributed by atoms with van der Waals surface area (Å²) in [6, 6.07) is 0. The van der Waals surface area contributed by atoms with Gasteiger partial charge in [-0.25, -0.2) is 13.4 Å². The molecule has 1 aliphatic heterocycles. The van der Waals surface area contributed by atoms with E-state index < -0.39 is 10.0 Å². The van der Waals surface area contributed by atoms with E-state index >= 15 is 0 Å². The summed E-state index contributed by atoms with van der Waals surface area (Å²) in [6.07, 6.45) is 1.25. The number of alkyl halides is 1. The number of hydrogen-bond acceptors (Lipinski definition) is 5. The van der Waals surface area contributed by atoms with Gasteiger partial charge < -0.3 is 4.90 Å². The van der Waals surface area contributed by atoms with E-state index in [0.29, 0.717) is 32.1 Å². The zero-order chi connectivity index (χ0) is 12.5. The Morgan fingerprint density at radius 2 is 2.06 bits per heavy atom. The van der Waals surface area contributed by atoms with Crippen molar-refractivity contribution in [2.45, 2.75) is 5.88 Å². The van der Waals surface area contributed by atoms with Gasteiger partial charge in [0.2, 0.25) is 10.0 Å². The molecule has 0 N–H and O–H groups in total. The predicted molar refractivity (Wildman–Crippen MR) is 70.3 cm³/mol. The number of piperazine rings is 1. The average Bonchev–Trinajstić information content (AvgIpc) is 2.76. The van der Waals surface area contributed by atoms with Crippen molar-refractivity contribution in [1.29, 1.82) is 0 Å². The van der Waals surface area contributed by atoms with Gasteiger partial charge in [0.15, 0.2) is 5.13 Å². The number of nitrogens with zero attached hydrogens (tertiary/aromatic N) is 3. The molecule has 0 radical (unpaired) electrons. The van der Waals surface area contributed by atoms with Crippen LogP contribution in [0.4, 0.5) is 5.13 Å². The highest BCUT2D eigenvalue weighted by molar-refractivity contribution is 7.88. The molecular formula is C9H14ClN3O2S2. The van der Waals surface area contributed by atoms with Gasteiger partial charge in [0, 0.05) is 31.6 Å². The molecule has 1 saturated heterocycles. The maximum atomic E-state index is 11.4. The van der Waals surface area contributed by atoms with Gasteiger partial charge in [0.1, 0.15) is 0 Å². The molecule has 1 aromatic rings. The van der Waals surface area contributed by atoms with Gasteiger partial charge in [-0.15, -0.1) is 22.9 Å². The van der Waals surface area contributed by atoms with Crippen LogP contribution in [-0.2, 0) is 15.9 Å². The summed E-state index contributed by atoms with van der Waals surface area (Å²) in [7, 11) is -3.06. The average molecular weight is 296 g/mol. The third-order valence-electron chi connectivity index (χ3n) is 2.65. The molecule has 8 heteroatoms. The Hall–Kier alpha value is -0.370. The first-order valence-electron chi connectivity index (χ1n) is 5.21. The van der Waals surface area contributed by atoms with Crippen LogP contribution >= 0.6 is 22.9 Å². The van der Waals surface area contributed by atoms with Crippen molar-refractivity contribution < 1.29 is 8.42 Å². The zero-order valence-electron chi connectivity index (χ0n) is 9.47. The van der Waals surface area contributed by atoms with Crippen LogP contribution in [0.5, 0.6) is 0 Å². The summed E-state index contributed by atoms with van der Waals surface area (Å²) in [5, 5.41) is 2.86. The van der Waals surface area contributed by atoms with Crippen LogP contribution in [0.25, 0.3) is 0 Å². The van der Waals surface area contributed by atoms with Gasteiger partial charge in [-0.05, 0) is 0 Å². The van der Waals surface area contributed by atoms with Crippen LogP contribution in [-0.4, -0.2) is 50.1 Å². The first kappa shape index (κ1) is 13.1. The van der Waals surface area contributed by atoms with Crippen LogP contribution in [0.1, 0.15) is 5.69 Å². The van der Waals surface area contributed by atoms with E-state index in [1.54, 1.807) is 11.3 Å². The van der Waals surface area contributed by atoms with Crippen molar-refractivity contribution >= 4 is 38.1 Å². The lowest BCUT2D eigenvalue weighted by Crippen LogP contribution is -2.48. The van der Waals surface area contributed by atoms with Gasteiger partial charge in [0.25, 0.3) is 0 Å². The van der Waals surface area contributed by atoms with E-state index in [0.717, 1.165) is 10.8 Å². The van der Waals surface area contributed by atoms with Crippen molar-refractivity contribution in [1.82, 2.24) is 9.29 Å². The molecule has 2 heterocycles. The maximum absolute atomic E-state index is 11.4. The Bertz CT molecular complexity index is 480. The minimum Gasteiger partial charge on any atom is -0.345 e. The number of anilines is 1. The zero-order valence-corrected chi connectivity index (χ0v) is 11.9. The topological polar surface area (TPSA) is 53.5 Å². The van der Waals surface area contributed by atoms with Crippen molar-refractivity contribution in [3.8, 4) is 0 Å². The molecule has 5 nitrogen and oxygen atoms in total. The number of thiazole rings is 1. The summed E-state index contributed by atoms with van der Waals surface area (Å²) < 4.78 is 24.2. The van der Waals surface area contributed by atoms with Crippen LogP contribution in [0.3, 0.4) is 0 Å². The molecule has 0 aliphatic carbocycles. The maximum Gasteiger partial charge on any atom is 0.211 e. The Balaban J connectivity index is 1.99. The minimum atomic E-state index is -3.06. The second-order valence-corrected chi connectivity index (χ2v) is 6.99. The van der Waals surface area contributed by atoms with Crippen LogP contribution in [0, 0.1) is 0 Å². The molecule has 0 aromatic carbocycles. The second-order valence-electron chi connectivity index (χ2n) is 3.90. The lowest BCUT2D eigenvalue weighted by Gasteiger charge is -2.32. The fourth-order valence-corrected chi connectivity index (χ4v) is 3.65. The molecule has 2 rings (SSSR count). The Labute approximate surface area is 110 Å². The van der Waals surface area contributed by atoms with Crippen LogP contribution in [0.2, 0.25) is 0 Å². The van der Waals surface area contributed by atoms with Gasteiger partial charge in [-0.2, -0.15) is 4.31 Å². The Morgan fingerprint density at radius 1 is 1.41 bits per heavy atom. The van der Waals surface area contributed by atoms with Crippen molar-refractivity contribution in [2.24, 2.45) is 0 Å². The minimum absolute atomic E-state index is 0.416. The van der Waals surface area contributed by atoms with Gasteiger partial charge >= 0.3 is 0 Å². The van der Waals surface area contributed by atoms with E-state index in [4.69, 9.17) is 11.6 Å². The van der Waals surface area contributed by atoms with Crippen molar-refractivity contribution in [3.63, 3.8) is 0 Å². The first-order chi connectivity index (χ1) is 8.00. The second kappa shape index (κ2) is 5.09. The molecule has 1 aromatic heterocycles. The molecule has 1 aliphatic rings. The molecule has 1 fully saturated rings. The number of aromatic nitrogens is 1. The number of halogens is 1. The van der Waals surface area contributed by atoms with Crippen molar-refractivity contribution in [3.05, 3.63) is 11.1 Å². The van der Waals surface area contributed by atoms with E-state index in [1.165, 1.54) is 10.6 Å². The molecule has 0 bridgehead atoms. The number of rotatable bonds is 3. The predicted octanol–water partition coefficient (Wildman–Crippen LogP) is 0.964. The lowest BCUT2D eigenvalue weighted by molar-refractivity contribution is 0.388. The quantitative estimate of drug-likeness (QED) is 0.780. The fourth-order valence-electron chi connectivity index (χ4n) is 1.71. The molecule has 17 heavy (non-hydrogen) atoms. The highest BCUT2D eigenvalue weighted by atomic mass is 35.5. The molecule has 96 valence electrons. The summed E-state index contributed by atoms with van der Waals surface area (Å²) in [5.41, 5.74) is 0.872. The molecule has 0 unspecified atom stereocenters. The molecule has 0 atom stereocenters. The van der Waals surface area contributed by atoms with Crippen molar-refractivity contribution in [2.75, 3.05) is 37.3 Å². The first-order valence-corrected chi connectivity index (χ1v) is 8.47. The Morgan fingerprint density at radius 3 is 2.53 bits per heavy atom. The summed E-state index contributed by atoms with van der Waals surface area (Å²) >= 11 is 7.25. The third-order valence-corrected chi connectivity index (χ3v) is 5.18. The van der Waals surface area contributed by atoms with Crippen LogP contribution < -0.4 is 4.90 Å². The number of sulfonamides is 1. The van der Waals surface area contributed by atoms with E-state index in [1.807, 2.05) is 5.38 Å². The van der Waals surface area contributed by atoms with E-state index in [-0.39, 0.29) is 0 Å². The summed E-state index contributed by atoms with van der Waals surface area (Å²) in [5.74, 6) is 0.416. The van der Waals surface area contributed by atoms with Gasteiger partial charge in [-0.1, -0.05) is 0 Å². The molecule has 0 saturated carbocycles. The highest BCUT2D eigenvalue weighted by Gasteiger charge is 2.24. The van der Waals surface area contributed by atoms with E-state index in [2.05, 4.69) is 9.88 Å².